The Morgan fingerprint density at radius 3 is 2.47 bits per heavy atom. The van der Waals surface area contributed by atoms with Crippen molar-refractivity contribution in [1.29, 1.82) is 0 Å². The Hall–Kier alpha value is -3.67. The fourth-order valence-corrected chi connectivity index (χ4v) is 3.09. The molecular formula is C24H25N3O3. The molecule has 2 amide bonds. The van der Waals surface area contributed by atoms with Crippen molar-refractivity contribution in [2.24, 2.45) is 11.0 Å². The van der Waals surface area contributed by atoms with Crippen LogP contribution in [0.25, 0.3) is 10.8 Å². The van der Waals surface area contributed by atoms with Crippen molar-refractivity contribution in [3.05, 3.63) is 71.8 Å². The highest BCUT2D eigenvalue weighted by Crippen LogP contribution is 2.26. The van der Waals surface area contributed by atoms with Gasteiger partial charge in [0, 0.05) is 23.2 Å². The largest absolute Gasteiger partial charge is 0.496 e. The molecule has 6 nitrogen and oxygen atoms in total. The minimum atomic E-state index is -0.342. The average molecular weight is 403 g/mol. The highest BCUT2D eigenvalue weighted by Gasteiger charge is 2.09. The normalized spacial score (nSPS) is 11.1. The van der Waals surface area contributed by atoms with E-state index >= 15 is 0 Å². The number of anilines is 1. The maximum absolute atomic E-state index is 12.4. The number of rotatable bonds is 7. The van der Waals surface area contributed by atoms with Crippen LogP contribution in [-0.4, -0.2) is 25.1 Å². The highest BCUT2D eigenvalue weighted by molar-refractivity contribution is 6.03. The summed E-state index contributed by atoms with van der Waals surface area (Å²) < 4.78 is 5.43. The van der Waals surface area contributed by atoms with Gasteiger partial charge >= 0.3 is 0 Å². The summed E-state index contributed by atoms with van der Waals surface area (Å²) in [5.74, 6) is 0.572. The van der Waals surface area contributed by atoms with Gasteiger partial charge in [0.15, 0.2) is 0 Å². The van der Waals surface area contributed by atoms with Gasteiger partial charge in [-0.3, -0.25) is 9.59 Å². The Kier molecular flexibility index (Phi) is 6.80. The van der Waals surface area contributed by atoms with E-state index in [4.69, 9.17) is 4.74 Å². The molecule has 0 atom stereocenters. The molecule has 0 fully saturated rings. The van der Waals surface area contributed by atoms with E-state index in [1.165, 1.54) is 0 Å². The standard InChI is InChI=1S/C24H25N3O3/c1-16(2)14-23(28)26-19-11-8-18(9-12-19)24(29)27-25-15-21-20-7-5-4-6-17(20)10-13-22(21)30-3/h4-13,15-16H,14H2,1-3H3,(H,26,28)(H,27,29). The molecule has 0 saturated carbocycles. The molecule has 0 aliphatic carbocycles. The Labute approximate surface area is 175 Å². The van der Waals surface area contributed by atoms with Crippen molar-refractivity contribution >= 4 is 34.5 Å². The predicted octanol–water partition coefficient (Wildman–Crippen LogP) is 4.60. The minimum absolute atomic E-state index is 0.0455. The first-order valence-electron chi connectivity index (χ1n) is 9.77. The zero-order valence-corrected chi connectivity index (χ0v) is 17.3. The maximum atomic E-state index is 12.4. The van der Waals surface area contributed by atoms with Crippen molar-refractivity contribution in [3.63, 3.8) is 0 Å². The van der Waals surface area contributed by atoms with Gasteiger partial charge in [0.05, 0.1) is 13.3 Å². The van der Waals surface area contributed by atoms with Gasteiger partial charge in [-0.05, 0) is 47.0 Å². The van der Waals surface area contributed by atoms with Crippen LogP contribution < -0.4 is 15.5 Å². The number of amides is 2. The second-order valence-corrected chi connectivity index (χ2v) is 7.33. The number of hydrogen-bond acceptors (Lipinski definition) is 4. The third kappa shape index (κ3) is 5.23. The van der Waals surface area contributed by atoms with Gasteiger partial charge in [-0.1, -0.05) is 44.2 Å². The van der Waals surface area contributed by atoms with E-state index in [1.807, 2.05) is 50.2 Å². The molecule has 0 radical (unpaired) electrons. The summed E-state index contributed by atoms with van der Waals surface area (Å²) in [6, 6.07) is 18.4. The number of benzene rings is 3. The Morgan fingerprint density at radius 1 is 1.03 bits per heavy atom. The molecule has 0 heterocycles. The van der Waals surface area contributed by atoms with Gasteiger partial charge in [-0.15, -0.1) is 0 Å². The first-order chi connectivity index (χ1) is 14.5. The molecule has 6 heteroatoms. The van der Waals surface area contributed by atoms with E-state index in [0.717, 1.165) is 16.3 Å². The van der Waals surface area contributed by atoms with Gasteiger partial charge in [-0.25, -0.2) is 5.43 Å². The molecule has 0 aliphatic heterocycles. The lowest BCUT2D eigenvalue weighted by molar-refractivity contribution is -0.116. The van der Waals surface area contributed by atoms with Gasteiger partial charge in [0.1, 0.15) is 5.75 Å². The van der Waals surface area contributed by atoms with Gasteiger partial charge < -0.3 is 10.1 Å². The molecule has 2 N–H and O–H groups in total. The number of methoxy groups -OCH3 is 1. The monoisotopic (exact) mass is 403 g/mol. The summed E-state index contributed by atoms with van der Waals surface area (Å²) in [5.41, 5.74) is 4.43. The lowest BCUT2D eigenvalue weighted by Crippen LogP contribution is -2.18. The molecule has 0 spiro atoms. The first-order valence-corrected chi connectivity index (χ1v) is 9.77. The van der Waals surface area contributed by atoms with Gasteiger partial charge in [0.25, 0.3) is 5.91 Å². The zero-order chi connectivity index (χ0) is 21.5. The van der Waals surface area contributed by atoms with Crippen LogP contribution in [0.3, 0.4) is 0 Å². The van der Waals surface area contributed by atoms with Crippen LogP contribution in [0.15, 0.2) is 65.8 Å². The van der Waals surface area contributed by atoms with Crippen molar-refractivity contribution < 1.29 is 14.3 Å². The number of ether oxygens (including phenoxy) is 1. The topological polar surface area (TPSA) is 79.8 Å². The van der Waals surface area contributed by atoms with Crippen LogP contribution in [0.4, 0.5) is 5.69 Å². The average Bonchev–Trinajstić information content (AvgIpc) is 2.73. The molecular weight excluding hydrogens is 378 g/mol. The molecule has 0 saturated heterocycles. The Morgan fingerprint density at radius 2 is 1.77 bits per heavy atom. The molecule has 3 rings (SSSR count). The Balaban J connectivity index is 1.68. The van der Waals surface area contributed by atoms with Crippen LogP contribution in [0.2, 0.25) is 0 Å². The fraction of sp³-hybridized carbons (Fsp3) is 0.208. The van der Waals surface area contributed by atoms with Crippen LogP contribution in [0, 0.1) is 5.92 Å². The van der Waals surface area contributed by atoms with E-state index in [-0.39, 0.29) is 17.7 Å². The van der Waals surface area contributed by atoms with Crippen LogP contribution in [0.5, 0.6) is 5.75 Å². The summed E-state index contributed by atoms with van der Waals surface area (Å²) in [4.78, 5) is 24.2. The third-order valence-corrected chi connectivity index (χ3v) is 4.53. The first kappa shape index (κ1) is 21.0. The predicted molar refractivity (Wildman–Crippen MR) is 120 cm³/mol. The third-order valence-electron chi connectivity index (χ3n) is 4.53. The summed E-state index contributed by atoms with van der Waals surface area (Å²) in [6.07, 6.45) is 2.04. The number of nitrogens with one attached hydrogen (secondary N) is 2. The number of fused-ring (bicyclic) bond motifs is 1. The van der Waals surface area contributed by atoms with E-state index in [2.05, 4.69) is 15.8 Å². The maximum Gasteiger partial charge on any atom is 0.271 e. The van der Waals surface area contributed by atoms with Crippen molar-refractivity contribution in [1.82, 2.24) is 5.43 Å². The molecule has 3 aromatic carbocycles. The molecule has 3 aromatic rings. The summed E-state index contributed by atoms with van der Waals surface area (Å²) in [7, 11) is 1.60. The van der Waals surface area contributed by atoms with E-state index < -0.39 is 0 Å². The zero-order valence-electron chi connectivity index (χ0n) is 17.3. The quantitative estimate of drug-likeness (QED) is 0.447. The molecule has 30 heavy (non-hydrogen) atoms. The van der Waals surface area contributed by atoms with Crippen LogP contribution in [0.1, 0.15) is 36.2 Å². The molecule has 0 aliphatic rings. The number of hydrazone groups is 1. The molecule has 0 unspecified atom stereocenters. The summed E-state index contributed by atoms with van der Waals surface area (Å²) in [6.45, 7) is 3.97. The summed E-state index contributed by atoms with van der Waals surface area (Å²) in [5, 5.41) is 8.96. The van der Waals surface area contributed by atoms with Crippen molar-refractivity contribution in [3.8, 4) is 5.75 Å². The molecule has 0 aromatic heterocycles. The molecule has 154 valence electrons. The smallest absolute Gasteiger partial charge is 0.271 e. The lowest BCUT2D eigenvalue weighted by Gasteiger charge is -2.09. The number of carbonyl (C=O) groups is 2. The van der Waals surface area contributed by atoms with Crippen molar-refractivity contribution in [2.75, 3.05) is 12.4 Å². The minimum Gasteiger partial charge on any atom is -0.496 e. The van der Waals surface area contributed by atoms with E-state index in [0.29, 0.717) is 23.4 Å². The second-order valence-electron chi connectivity index (χ2n) is 7.33. The number of nitrogens with zero attached hydrogens (tertiary/aromatic N) is 1. The van der Waals surface area contributed by atoms with E-state index in [1.54, 1.807) is 37.6 Å². The Bertz CT molecular complexity index is 1070. The summed E-state index contributed by atoms with van der Waals surface area (Å²) >= 11 is 0. The van der Waals surface area contributed by atoms with Gasteiger partial charge in [-0.2, -0.15) is 5.10 Å². The second kappa shape index (κ2) is 9.69. The molecule has 0 bridgehead atoms. The van der Waals surface area contributed by atoms with Crippen LogP contribution in [-0.2, 0) is 4.79 Å². The fourth-order valence-electron chi connectivity index (χ4n) is 3.09. The van der Waals surface area contributed by atoms with Gasteiger partial charge in [0.2, 0.25) is 5.91 Å². The highest BCUT2D eigenvalue weighted by atomic mass is 16.5. The SMILES string of the molecule is COc1ccc2ccccc2c1C=NNC(=O)c1ccc(NC(=O)CC(C)C)cc1. The lowest BCUT2D eigenvalue weighted by atomic mass is 10.0. The van der Waals surface area contributed by atoms with Crippen LogP contribution >= 0.6 is 0 Å². The number of carbonyl (C=O) groups excluding carboxylic acids is 2. The van der Waals surface area contributed by atoms with Crippen molar-refractivity contribution in [2.45, 2.75) is 20.3 Å². The number of hydrogen-bond donors (Lipinski definition) is 2. The van der Waals surface area contributed by atoms with E-state index in [9.17, 15) is 9.59 Å².